The summed E-state index contributed by atoms with van der Waals surface area (Å²) in [4.78, 5) is 35.7. The second kappa shape index (κ2) is 8.51. The molecule has 0 N–H and O–H groups in total. The molecule has 1 atom stereocenters. The van der Waals surface area contributed by atoms with E-state index in [1.54, 1.807) is 18.2 Å². The Balaban J connectivity index is 1.31. The molecule has 2 saturated heterocycles. The lowest BCUT2D eigenvalue weighted by atomic mass is 10.1. The number of amides is 2. The fourth-order valence-electron chi connectivity index (χ4n) is 4.00. The van der Waals surface area contributed by atoms with Crippen LogP contribution in [0.5, 0.6) is 5.75 Å². The van der Waals surface area contributed by atoms with Crippen molar-refractivity contribution >= 4 is 17.6 Å². The van der Waals surface area contributed by atoms with Crippen LogP contribution in [0.15, 0.2) is 48.7 Å². The summed E-state index contributed by atoms with van der Waals surface area (Å²) in [5, 5.41) is 0. The van der Waals surface area contributed by atoms with Gasteiger partial charge in [-0.3, -0.25) is 9.59 Å². The van der Waals surface area contributed by atoms with Crippen molar-refractivity contribution in [3.63, 3.8) is 0 Å². The van der Waals surface area contributed by atoms with E-state index < -0.39 is 0 Å². The zero-order valence-electron chi connectivity index (χ0n) is 16.7. The van der Waals surface area contributed by atoms with Crippen molar-refractivity contribution in [2.75, 3.05) is 44.7 Å². The van der Waals surface area contributed by atoms with E-state index in [4.69, 9.17) is 4.74 Å². The Hall–Kier alpha value is -3.09. The minimum atomic E-state index is -0.248. The highest BCUT2D eigenvalue weighted by molar-refractivity contribution is 5.89. The molecule has 0 bridgehead atoms. The van der Waals surface area contributed by atoms with Crippen LogP contribution >= 0.6 is 0 Å². The summed E-state index contributed by atoms with van der Waals surface area (Å²) < 4.78 is 5.17. The minimum Gasteiger partial charge on any atom is -0.497 e. The topological polar surface area (TPSA) is 66.0 Å². The number of hydrogen-bond donors (Lipinski definition) is 0. The summed E-state index contributed by atoms with van der Waals surface area (Å²) in [5.74, 6) is 1.63. The predicted octanol–water partition coefficient (Wildman–Crippen LogP) is 1.79. The molecule has 0 aliphatic carbocycles. The molecule has 2 fully saturated rings. The molecular formula is C22H26N4O3. The lowest BCUT2D eigenvalue weighted by Crippen LogP contribution is -2.50. The van der Waals surface area contributed by atoms with Crippen LogP contribution in [0, 0.1) is 5.92 Å². The van der Waals surface area contributed by atoms with E-state index in [-0.39, 0.29) is 17.7 Å². The molecule has 7 nitrogen and oxygen atoms in total. The average molecular weight is 394 g/mol. The fraction of sp³-hybridized carbons (Fsp3) is 0.409. The highest BCUT2D eigenvalue weighted by atomic mass is 16.5. The summed E-state index contributed by atoms with van der Waals surface area (Å²) >= 11 is 0. The molecule has 2 aliphatic heterocycles. The number of ether oxygens (including phenoxy) is 1. The van der Waals surface area contributed by atoms with Crippen LogP contribution < -0.4 is 9.64 Å². The molecular weight excluding hydrogens is 368 g/mol. The Morgan fingerprint density at radius 3 is 2.52 bits per heavy atom. The van der Waals surface area contributed by atoms with Gasteiger partial charge in [0.1, 0.15) is 11.6 Å². The molecule has 1 unspecified atom stereocenters. The Bertz CT molecular complexity index is 848. The summed E-state index contributed by atoms with van der Waals surface area (Å²) in [7, 11) is 1.63. The molecule has 1 aromatic heterocycles. The normalized spacial score (nSPS) is 19.6. The van der Waals surface area contributed by atoms with Crippen LogP contribution in [0.2, 0.25) is 0 Å². The average Bonchev–Trinajstić information content (AvgIpc) is 3.14. The highest BCUT2D eigenvalue weighted by Crippen LogP contribution is 2.24. The largest absolute Gasteiger partial charge is 0.497 e. The number of anilines is 1. The van der Waals surface area contributed by atoms with Crippen molar-refractivity contribution in [3.8, 4) is 5.75 Å². The standard InChI is InChI=1S/C22H26N4O3/c1-29-19-7-5-17(6-8-19)15-26-16-18(14-21(26)27)22(28)25-12-10-24(11-13-25)20-4-2-3-9-23-20/h2-9,18H,10-16H2,1H3. The number of benzene rings is 1. The molecule has 2 amide bonds. The van der Waals surface area contributed by atoms with Gasteiger partial charge in [0.05, 0.1) is 13.0 Å². The van der Waals surface area contributed by atoms with Crippen LogP contribution in [-0.2, 0) is 16.1 Å². The molecule has 2 aromatic rings. The van der Waals surface area contributed by atoms with E-state index in [2.05, 4.69) is 9.88 Å². The number of methoxy groups -OCH3 is 1. The Labute approximate surface area is 170 Å². The van der Waals surface area contributed by atoms with Gasteiger partial charge in [-0.1, -0.05) is 18.2 Å². The van der Waals surface area contributed by atoms with Gasteiger partial charge in [0.2, 0.25) is 11.8 Å². The highest BCUT2D eigenvalue weighted by Gasteiger charge is 2.37. The van der Waals surface area contributed by atoms with Crippen molar-refractivity contribution in [2.24, 2.45) is 5.92 Å². The molecule has 4 rings (SSSR count). The van der Waals surface area contributed by atoms with Gasteiger partial charge in [0.15, 0.2) is 0 Å². The number of hydrogen-bond acceptors (Lipinski definition) is 5. The fourth-order valence-corrected chi connectivity index (χ4v) is 4.00. The number of carbonyl (C=O) groups is 2. The van der Waals surface area contributed by atoms with Gasteiger partial charge in [-0.25, -0.2) is 4.98 Å². The number of rotatable bonds is 5. The number of nitrogens with zero attached hydrogens (tertiary/aromatic N) is 4. The first kappa shape index (κ1) is 19.2. The summed E-state index contributed by atoms with van der Waals surface area (Å²) in [5.41, 5.74) is 1.04. The summed E-state index contributed by atoms with van der Waals surface area (Å²) in [6.45, 7) is 3.87. The van der Waals surface area contributed by atoms with E-state index in [9.17, 15) is 9.59 Å². The molecule has 0 radical (unpaired) electrons. The van der Waals surface area contributed by atoms with Gasteiger partial charge in [-0.05, 0) is 29.8 Å². The second-order valence-electron chi connectivity index (χ2n) is 7.52. The SMILES string of the molecule is COc1ccc(CN2CC(C(=O)N3CCN(c4ccccn4)CC3)CC2=O)cc1. The van der Waals surface area contributed by atoms with E-state index in [1.165, 1.54) is 0 Å². The Morgan fingerprint density at radius 2 is 1.86 bits per heavy atom. The minimum absolute atomic E-state index is 0.0475. The summed E-state index contributed by atoms with van der Waals surface area (Å²) in [6.07, 6.45) is 2.09. The van der Waals surface area contributed by atoms with Gasteiger partial charge >= 0.3 is 0 Å². The van der Waals surface area contributed by atoms with Crippen molar-refractivity contribution in [1.82, 2.24) is 14.8 Å². The summed E-state index contributed by atoms with van der Waals surface area (Å²) in [6, 6.07) is 13.6. The van der Waals surface area contributed by atoms with E-state index in [0.29, 0.717) is 32.6 Å². The van der Waals surface area contributed by atoms with Crippen molar-refractivity contribution in [3.05, 3.63) is 54.2 Å². The number of likely N-dealkylation sites (tertiary alicyclic amines) is 1. The zero-order chi connectivity index (χ0) is 20.2. The number of pyridine rings is 1. The molecule has 0 saturated carbocycles. The Morgan fingerprint density at radius 1 is 1.10 bits per heavy atom. The smallest absolute Gasteiger partial charge is 0.228 e. The number of aromatic nitrogens is 1. The maximum atomic E-state index is 13.0. The third kappa shape index (κ3) is 4.34. The monoisotopic (exact) mass is 394 g/mol. The molecule has 1 aromatic carbocycles. The van der Waals surface area contributed by atoms with Crippen LogP contribution in [0.3, 0.4) is 0 Å². The van der Waals surface area contributed by atoms with E-state index in [1.807, 2.05) is 47.4 Å². The molecule has 0 spiro atoms. The van der Waals surface area contributed by atoms with Gasteiger partial charge in [-0.15, -0.1) is 0 Å². The van der Waals surface area contributed by atoms with E-state index in [0.717, 1.165) is 30.2 Å². The maximum absolute atomic E-state index is 13.0. The lowest BCUT2D eigenvalue weighted by molar-refractivity contribution is -0.136. The first-order valence-electron chi connectivity index (χ1n) is 9.99. The first-order chi connectivity index (χ1) is 14.1. The van der Waals surface area contributed by atoms with Crippen LogP contribution in [0.1, 0.15) is 12.0 Å². The lowest BCUT2D eigenvalue weighted by Gasteiger charge is -2.36. The van der Waals surface area contributed by atoms with Crippen LogP contribution in [0.4, 0.5) is 5.82 Å². The zero-order valence-corrected chi connectivity index (χ0v) is 16.7. The maximum Gasteiger partial charge on any atom is 0.228 e. The molecule has 3 heterocycles. The van der Waals surface area contributed by atoms with E-state index >= 15 is 0 Å². The van der Waals surface area contributed by atoms with Crippen LogP contribution in [-0.4, -0.2) is 66.4 Å². The number of piperazine rings is 1. The molecule has 29 heavy (non-hydrogen) atoms. The van der Waals surface area contributed by atoms with Crippen molar-refractivity contribution in [2.45, 2.75) is 13.0 Å². The van der Waals surface area contributed by atoms with Crippen molar-refractivity contribution in [1.29, 1.82) is 0 Å². The molecule has 2 aliphatic rings. The van der Waals surface area contributed by atoms with Gasteiger partial charge in [0.25, 0.3) is 0 Å². The van der Waals surface area contributed by atoms with Crippen LogP contribution in [0.25, 0.3) is 0 Å². The third-order valence-corrected chi connectivity index (χ3v) is 5.66. The second-order valence-corrected chi connectivity index (χ2v) is 7.52. The van der Waals surface area contributed by atoms with Crippen molar-refractivity contribution < 1.29 is 14.3 Å². The first-order valence-corrected chi connectivity index (χ1v) is 9.99. The van der Waals surface area contributed by atoms with Gasteiger partial charge in [0, 0.05) is 51.9 Å². The Kier molecular flexibility index (Phi) is 5.64. The molecule has 152 valence electrons. The quantitative estimate of drug-likeness (QED) is 0.774. The van der Waals surface area contributed by atoms with Gasteiger partial charge in [-0.2, -0.15) is 0 Å². The number of carbonyl (C=O) groups excluding carboxylic acids is 2. The third-order valence-electron chi connectivity index (χ3n) is 5.66. The van der Waals surface area contributed by atoms with Gasteiger partial charge < -0.3 is 19.4 Å². The molecule has 7 heteroatoms. The predicted molar refractivity (Wildman–Crippen MR) is 110 cm³/mol.